The zero-order chi connectivity index (χ0) is 12.7. The maximum absolute atomic E-state index is 9.87. The second-order valence-electron chi connectivity index (χ2n) is 4.38. The van der Waals surface area contributed by atoms with Crippen LogP contribution in [-0.4, -0.2) is 22.8 Å². The largest absolute Gasteiger partial charge is 0.505 e. The fourth-order valence-electron chi connectivity index (χ4n) is 1.65. The lowest BCUT2D eigenvalue weighted by molar-refractivity contribution is 0.466. The lowest BCUT2D eigenvalue weighted by Crippen LogP contribution is -1.94. The molecule has 0 amide bonds. The first-order chi connectivity index (χ1) is 8.16. The smallest absolute Gasteiger partial charge is 0.145 e. The number of aliphatic imine (C=N–C) groups is 1. The van der Waals surface area contributed by atoms with Crippen LogP contribution in [0.1, 0.15) is 49.4 Å². The standard InChI is InChI=1S/C14H22N2O/c1-4-5-6-7-8-15-10-13-11(2)9-16-12(3)14(13)17/h9-10,17H,4-8H2,1-3H3. The first-order valence-electron chi connectivity index (χ1n) is 6.31. The molecular formula is C14H22N2O. The van der Waals surface area contributed by atoms with E-state index in [1.54, 1.807) is 19.3 Å². The number of unbranched alkanes of at least 4 members (excludes halogenated alkanes) is 3. The average molecular weight is 234 g/mol. The monoisotopic (exact) mass is 234 g/mol. The highest BCUT2D eigenvalue weighted by molar-refractivity contribution is 5.85. The zero-order valence-corrected chi connectivity index (χ0v) is 11.0. The number of aromatic hydroxyl groups is 1. The van der Waals surface area contributed by atoms with E-state index in [4.69, 9.17) is 0 Å². The summed E-state index contributed by atoms with van der Waals surface area (Å²) in [4.78, 5) is 8.46. The molecule has 0 bridgehead atoms. The third kappa shape index (κ3) is 4.17. The van der Waals surface area contributed by atoms with Crippen LogP contribution in [0.25, 0.3) is 0 Å². The van der Waals surface area contributed by atoms with E-state index in [0.717, 1.165) is 24.1 Å². The molecule has 0 aromatic carbocycles. The van der Waals surface area contributed by atoms with Gasteiger partial charge in [0, 0.05) is 24.5 Å². The molecule has 0 aliphatic heterocycles. The molecule has 1 N–H and O–H groups in total. The maximum atomic E-state index is 9.87. The molecule has 0 unspecified atom stereocenters. The number of aromatic nitrogens is 1. The van der Waals surface area contributed by atoms with Crippen molar-refractivity contribution in [2.24, 2.45) is 4.99 Å². The van der Waals surface area contributed by atoms with Gasteiger partial charge in [-0.3, -0.25) is 9.98 Å². The van der Waals surface area contributed by atoms with Crippen LogP contribution >= 0.6 is 0 Å². The SMILES string of the molecule is CCCCCCN=Cc1c(C)cnc(C)c1O. The number of hydrogen-bond donors (Lipinski definition) is 1. The van der Waals surface area contributed by atoms with Crippen LogP contribution in [0, 0.1) is 13.8 Å². The number of aryl methyl sites for hydroxylation is 2. The highest BCUT2D eigenvalue weighted by atomic mass is 16.3. The summed E-state index contributed by atoms with van der Waals surface area (Å²) in [5.41, 5.74) is 2.42. The van der Waals surface area contributed by atoms with Crippen molar-refractivity contribution in [2.75, 3.05) is 6.54 Å². The molecule has 0 aliphatic carbocycles. The van der Waals surface area contributed by atoms with Crippen molar-refractivity contribution in [3.63, 3.8) is 0 Å². The van der Waals surface area contributed by atoms with Crippen LogP contribution in [-0.2, 0) is 0 Å². The molecule has 0 saturated heterocycles. The Morgan fingerprint density at radius 1 is 1.29 bits per heavy atom. The van der Waals surface area contributed by atoms with Crippen molar-refractivity contribution in [2.45, 2.75) is 46.5 Å². The molecule has 0 fully saturated rings. The number of hydrogen-bond acceptors (Lipinski definition) is 3. The second kappa shape index (κ2) is 7.05. The normalized spacial score (nSPS) is 11.2. The molecule has 0 saturated carbocycles. The van der Waals surface area contributed by atoms with Gasteiger partial charge in [-0.25, -0.2) is 0 Å². The number of pyridine rings is 1. The van der Waals surface area contributed by atoms with Crippen molar-refractivity contribution >= 4 is 6.21 Å². The summed E-state index contributed by atoms with van der Waals surface area (Å²) in [6, 6.07) is 0. The van der Waals surface area contributed by atoms with Gasteiger partial charge in [0.2, 0.25) is 0 Å². The molecule has 94 valence electrons. The molecule has 3 nitrogen and oxygen atoms in total. The predicted octanol–water partition coefficient (Wildman–Crippen LogP) is 3.40. The molecule has 1 rings (SSSR count). The van der Waals surface area contributed by atoms with Crippen LogP contribution in [0.2, 0.25) is 0 Å². The molecule has 17 heavy (non-hydrogen) atoms. The average Bonchev–Trinajstić information content (AvgIpc) is 2.32. The van der Waals surface area contributed by atoms with E-state index in [2.05, 4.69) is 16.9 Å². The molecule has 0 spiro atoms. The highest BCUT2D eigenvalue weighted by Gasteiger charge is 2.05. The quantitative estimate of drug-likeness (QED) is 0.605. The maximum Gasteiger partial charge on any atom is 0.145 e. The zero-order valence-electron chi connectivity index (χ0n) is 11.0. The van der Waals surface area contributed by atoms with Crippen LogP contribution in [0.5, 0.6) is 5.75 Å². The van der Waals surface area contributed by atoms with Gasteiger partial charge in [0.05, 0.1) is 5.69 Å². The van der Waals surface area contributed by atoms with E-state index >= 15 is 0 Å². The Morgan fingerprint density at radius 2 is 2.06 bits per heavy atom. The molecule has 3 heteroatoms. The van der Waals surface area contributed by atoms with Gasteiger partial charge < -0.3 is 5.11 Å². The molecular weight excluding hydrogens is 212 g/mol. The van der Waals surface area contributed by atoms with Gasteiger partial charge >= 0.3 is 0 Å². The van der Waals surface area contributed by atoms with Gasteiger partial charge in [0.1, 0.15) is 5.75 Å². The highest BCUT2D eigenvalue weighted by Crippen LogP contribution is 2.21. The van der Waals surface area contributed by atoms with Crippen molar-refractivity contribution in [3.8, 4) is 5.75 Å². The topological polar surface area (TPSA) is 45.5 Å². The Balaban J connectivity index is 2.56. The Labute approximate surface area is 104 Å². The van der Waals surface area contributed by atoms with Crippen molar-refractivity contribution in [1.29, 1.82) is 0 Å². The van der Waals surface area contributed by atoms with Crippen molar-refractivity contribution in [1.82, 2.24) is 4.98 Å². The van der Waals surface area contributed by atoms with Crippen molar-refractivity contribution < 1.29 is 5.11 Å². The summed E-state index contributed by atoms with van der Waals surface area (Å²) in [5, 5.41) is 9.87. The van der Waals surface area contributed by atoms with Gasteiger partial charge in [-0.05, 0) is 25.8 Å². The summed E-state index contributed by atoms with van der Waals surface area (Å²) in [7, 11) is 0. The van der Waals surface area contributed by atoms with E-state index in [1.807, 2.05) is 6.92 Å². The van der Waals surface area contributed by atoms with Crippen LogP contribution in [0.15, 0.2) is 11.2 Å². The number of rotatable bonds is 6. The van der Waals surface area contributed by atoms with Crippen LogP contribution in [0.4, 0.5) is 0 Å². The minimum absolute atomic E-state index is 0.252. The molecule has 1 aromatic heterocycles. The molecule has 0 aliphatic rings. The van der Waals surface area contributed by atoms with Gasteiger partial charge in [0.15, 0.2) is 0 Å². The van der Waals surface area contributed by atoms with Gasteiger partial charge in [-0.15, -0.1) is 0 Å². The molecule has 1 aromatic rings. The lowest BCUT2D eigenvalue weighted by atomic mass is 10.1. The summed E-state index contributed by atoms with van der Waals surface area (Å²) < 4.78 is 0. The van der Waals surface area contributed by atoms with E-state index in [-0.39, 0.29) is 5.75 Å². The summed E-state index contributed by atoms with van der Waals surface area (Å²) in [5.74, 6) is 0.252. The summed E-state index contributed by atoms with van der Waals surface area (Å²) in [6.45, 7) is 6.77. The minimum Gasteiger partial charge on any atom is -0.505 e. The second-order valence-corrected chi connectivity index (χ2v) is 4.38. The van der Waals surface area contributed by atoms with Gasteiger partial charge in [-0.1, -0.05) is 26.2 Å². The molecule has 1 heterocycles. The van der Waals surface area contributed by atoms with Crippen LogP contribution in [0.3, 0.4) is 0 Å². The Bertz CT molecular complexity index is 386. The first-order valence-corrected chi connectivity index (χ1v) is 6.31. The Hall–Kier alpha value is -1.38. The van der Waals surface area contributed by atoms with Gasteiger partial charge in [-0.2, -0.15) is 0 Å². The third-order valence-corrected chi connectivity index (χ3v) is 2.84. The third-order valence-electron chi connectivity index (χ3n) is 2.84. The van der Waals surface area contributed by atoms with Gasteiger partial charge in [0.25, 0.3) is 0 Å². The Morgan fingerprint density at radius 3 is 2.76 bits per heavy atom. The summed E-state index contributed by atoms with van der Waals surface area (Å²) >= 11 is 0. The van der Waals surface area contributed by atoms with E-state index in [0.29, 0.717) is 5.69 Å². The van der Waals surface area contributed by atoms with Crippen LogP contribution < -0.4 is 0 Å². The van der Waals surface area contributed by atoms with Crippen molar-refractivity contribution in [3.05, 3.63) is 23.0 Å². The molecule has 0 atom stereocenters. The fourth-order valence-corrected chi connectivity index (χ4v) is 1.65. The molecule has 0 radical (unpaired) electrons. The fraction of sp³-hybridized carbons (Fsp3) is 0.571. The van der Waals surface area contributed by atoms with E-state index < -0.39 is 0 Å². The first kappa shape index (κ1) is 13.7. The number of nitrogens with zero attached hydrogens (tertiary/aromatic N) is 2. The van der Waals surface area contributed by atoms with E-state index in [1.165, 1.54) is 19.3 Å². The summed E-state index contributed by atoms with van der Waals surface area (Å²) in [6.07, 6.45) is 8.41. The predicted molar refractivity (Wildman–Crippen MR) is 72.0 cm³/mol. The van der Waals surface area contributed by atoms with E-state index in [9.17, 15) is 5.11 Å². The minimum atomic E-state index is 0.252. The Kier molecular flexibility index (Phi) is 5.67. The lowest BCUT2D eigenvalue weighted by Gasteiger charge is -2.05.